The lowest BCUT2D eigenvalue weighted by Crippen LogP contribution is -2.40. The minimum atomic E-state index is -0.112. The fraction of sp³-hybridized carbons (Fsp3) is 0.312. The molecule has 1 aromatic carbocycles. The van der Waals surface area contributed by atoms with E-state index >= 15 is 0 Å². The van der Waals surface area contributed by atoms with Crippen LogP contribution in [0.5, 0.6) is 0 Å². The molecule has 3 aromatic rings. The van der Waals surface area contributed by atoms with E-state index in [4.69, 9.17) is 4.74 Å². The number of aryl methyl sites for hydroxylation is 1. The number of para-hydroxylation sites is 1. The number of benzene rings is 1. The first-order valence-electron chi connectivity index (χ1n) is 7.48. The average Bonchev–Trinajstić information content (AvgIpc) is 3.01. The molecule has 0 saturated carbocycles. The third-order valence-electron chi connectivity index (χ3n) is 3.88. The van der Waals surface area contributed by atoms with Crippen LogP contribution in [-0.4, -0.2) is 34.6 Å². The molecule has 1 aliphatic rings. The van der Waals surface area contributed by atoms with E-state index in [0.717, 1.165) is 10.7 Å². The van der Waals surface area contributed by atoms with Gasteiger partial charge >= 0.3 is 0 Å². The molecule has 118 valence electrons. The Kier molecular flexibility index (Phi) is 3.59. The molecule has 1 unspecified atom stereocenters. The molecule has 4 rings (SSSR count). The monoisotopic (exact) mass is 328 g/mol. The number of nitrogens with zero attached hydrogens (tertiary/aromatic N) is 3. The van der Waals surface area contributed by atoms with Gasteiger partial charge in [0.1, 0.15) is 11.1 Å². The van der Waals surface area contributed by atoms with Gasteiger partial charge in [0.2, 0.25) is 5.95 Å². The predicted octanol–water partition coefficient (Wildman–Crippen LogP) is 2.27. The van der Waals surface area contributed by atoms with Crippen LogP contribution in [0, 0.1) is 6.92 Å². The van der Waals surface area contributed by atoms with E-state index in [1.165, 1.54) is 0 Å². The first-order chi connectivity index (χ1) is 11.2. The number of anilines is 1. The number of aromatic amines is 1. The van der Waals surface area contributed by atoms with Gasteiger partial charge < -0.3 is 9.64 Å². The molecule has 1 aliphatic heterocycles. The van der Waals surface area contributed by atoms with Gasteiger partial charge in [0.25, 0.3) is 5.56 Å². The molecule has 0 radical (unpaired) electrons. The number of rotatable bonds is 2. The molecule has 0 amide bonds. The molecule has 23 heavy (non-hydrogen) atoms. The highest BCUT2D eigenvalue weighted by Gasteiger charge is 2.25. The van der Waals surface area contributed by atoms with E-state index in [2.05, 4.69) is 19.9 Å². The number of ether oxygens (including phenoxy) is 1. The van der Waals surface area contributed by atoms with Crippen molar-refractivity contribution in [2.75, 3.05) is 24.6 Å². The summed E-state index contributed by atoms with van der Waals surface area (Å²) in [6.45, 7) is 3.89. The van der Waals surface area contributed by atoms with Crippen molar-refractivity contribution in [3.05, 3.63) is 50.7 Å². The minimum Gasteiger partial charge on any atom is -0.367 e. The smallest absolute Gasteiger partial charge is 0.260 e. The van der Waals surface area contributed by atoms with Crippen molar-refractivity contribution in [2.45, 2.75) is 13.0 Å². The second-order valence-electron chi connectivity index (χ2n) is 5.54. The molecular formula is C16H16N4O2S. The third kappa shape index (κ3) is 2.73. The number of thiazole rings is 1. The summed E-state index contributed by atoms with van der Waals surface area (Å²) in [7, 11) is 0. The van der Waals surface area contributed by atoms with Gasteiger partial charge in [-0.05, 0) is 19.1 Å². The van der Waals surface area contributed by atoms with Crippen LogP contribution in [0.25, 0.3) is 10.9 Å². The number of nitrogens with one attached hydrogen (secondary N) is 1. The summed E-state index contributed by atoms with van der Waals surface area (Å²) >= 11 is 1.60. The zero-order valence-electron chi connectivity index (χ0n) is 12.7. The van der Waals surface area contributed by atoms with Gasteiger partial charge in [0, 0.05) is 17.6 Å². The van der Waals surface area contributed by atoms with Crippen LogP contribution < -0.4 is 10.5 Å². The lowest BCUT2D eigenvalue weighted by molar-refractivity contribution is 0.0390. The van der Waals surface area contributed by atoms with E-state index < -0.39 is 0 Å². The van der Waals surface area contributed by atoms with Crippen molar-refractivity contribution in [3.63, 3.8) is 0 Å². The molecule has 1 fully saturated rings. The van der Waals surface area contributed by atoms with E-state index in [1.54, 1.807) is 17.4 Å². The Balaban J connectivity index is 1.66. The summed E-state index contributed by atoms with van der Waals surface area (Å²) < 4.78 is 5.83. The summed E-state index contributed by atoms with van der Waals surface area (Å²) in [5.74, 6) is 0.593. The zero-order valence-corrected chi connectivity index (χ0v) is 13.5. The number of morpholine rings is 1. The van der Waals surface area contributed by atoms with Gasteiger partial charge in [0.05, 0.1) is 24.1 Å². The van der Waals surface area contributed by atoms with E-state index in [-0.39, 0.29) is 11.7 Å². The molecule has 0 spiro atoms. The molecule has 1 saturated heterocycles. The topological polar surface area (TPSA) is 71.1 Å². The van der Waals surface area contributed by atoms with E-state index in [9.17, 15) is 4.79 Å². The first kappa shape index (κ1) is 14.3. The average molecular weight is 328 g/mol. The maximum Gasteiger partial charge on any atom is 0.260 e. The Morgan fingerprint density at radius 1 is 1.35 bits per heavy atom. The molecular weight excluding hydrogens is 312 g/mol. The largest absolute Gasteiger partial charge is 0.367 e. The maximum atomic E-state index is 12.2. The molecule has 2 aromatic heterocycles. The molecule has 1 atom stereocenters. The molecule has 1 N–H and O–H groups in total. The highest BCUT2D eigenvalue weighted by atomic mass is 32.1. The van der Waals surface area contributed by atoms with Crippen molar-refractivity contribution in [1.29, 1.82) is 0 Å². The van der Waals surface area contributed by atoms with Crippen molar-refractivity contribution in [3.8, 4) is 0 Å². The second kappa shape index (κ2) is 5.75. The van der Waals surface area contributed by atoms with Crippen LogP contribution in [0.15, 0.2) is 34.4 Å². The summed E-state index contributed by atoms with van der Waals surface area (Å²) in [4.78, 5) is 26.3. The van der Waals surface area contributed by atoms with Gasteiger partial charge in [-0.15, -0.1) is 11.3 Å². The quantitative estimate of drug-likeness (QED) is 0.781. The standard InChI is InChI=1S/C16H16N4O2S/c1-10-9-23-15(17-10)13-8-20(6-7-22-13)16-18-12-5-3-2-4-11(12)14(21)19-16/h2-5,9,13H,6-8H2,1H3,(H,18,19,21). The Labute approximate surface area is 136 Å². The molecule has 7 heteroatoms. The highest BCUT2D eigenvalue weighted by Crippen LogP contribution is 2.26. The Bertz CT molecular complexity index is 904. The highest BCUT2D eigenvalue weighted by molar-refractivity contribution is 7.09. The van der Waals surface area contributed by atoms with Crippen LogP contribution in [-0.2, 0) is 4.74 Å². The van der Waals surface area contributed by atoms with E-state index in [1.807, 2.05) is 30.5 Å². The van der Waals surface area contributed by atoms with Crippen LogP contribution in [0.4, 0.5) is 5.95 Å². The van der Waals surface area contributed by atoms with Crippen LogP contribution >= 0.6 is 11.3 Å². The molecule has 0 bridgehead atoms. The molecule has 0 aliphatic carbocycles. The summed E-state index contributed by atoms with van der Waals surface area (Å²) in [6, 6.07) is 7.37. The Hall–Kier alpha value is -2.25. The second-order valence-corrected chi connectivity index (χ2v) is 6.43. The molecule has 3 heterocycles. The SMILES string of the molecule is Cc1csc(C2CN(c3nc4ccccc4c(=O)[nH]3)CCO2)n1. The van der Waals surface area contributed by atoms with Crippen LogP contribution in [0.3, 0.4) is 0 Å². The Morgan fingerprint density at radius 3 is 3.04 bits per heavy atom. The number of hydrogen-bond donors (Lipinski definition) is 1. The summed E-state index contributed by atoms with van der Waals surface area (Å²) in [5, 5.41) is 3.60. The fourth-order valence-corrected chi connectivity index (χ4v) is 3.57. The van der Waals surface area contributed by atoms with Crippen molar-refractivity contribution in [1.82, 2.24) is 15.0 Å². The predicted molar refractivity (Wildman–Crippen MR) is 90.1 cm³/mol. The van der Waals surface area contributed by atoms with Crippen LogP contribution in [0.1, 0.15) is 16.8 Å². The summed E-state index contributed by atoms with van der Waals surface area (Å²) in [6.07, 6.45) is -0.0841. The lowest BCUT2D eigenvalue weighted by Gasteiger charge is -2.32. The van der Waals surface area contributed by atoms with Gasteiger partial charge in [-0.3, -0.25) is 9.78 Å². The van der Waals surface area contributed by atoms with E-state index in [0.29, 0.717) is 36.5 Å². The first-order valence-corrected chi connectivity index (χ1v) is 8.36. The van der Waals surface area contributed by atoms with Gasteiger partial charge in [0.15, 0.2) is 0 Å². The van der Waals surface area contributed by atoms with Gasteiger partial charge in [-0.2, -0.15) is 0 Å². The fourth-order valence-electron chi connectivity index (χ4n) is 2.73. The normalized spacial score (nSPS) is 18.5. The van der Waals surface area contributed by atoms with Crippen LogP contribution in [0.2, 0.25) is 0 Å². The maximum absolute atomic E-state index is 12.2. The van der Waals surface area contributed by atoms with Gasteiger partial charge in [-0.1, -0.05) is 12.1 Å². The number of aromatic nitrogens is 3. The zero-order chi connectivity index (χ0) is 15.8. The minimum absolute atomic E-state index is 0.0841. The Morgan fingerprint density at radius 2 is 2.22 bits per heavy atom. The molecule has 6 nitrogen and oxygen atoms in total. The lowest BCUT2D eigenvalue weighted by atomic mass is 10.2. The number of H-pyrrole nitrogens is 1. The third-order valence-corrected chi connectivity index (χ3v) is 4.93. The van der Waals surface area contributed by atoms with Crippen molar-refractivity contribution >= 4 is 28.2 Å². The number of fused-ring (bicyclic) bond motifs is 1. The number of hydrogen-bond acceptors (Lipinski definition) is 6. The van der Waals surface area contributed by atoms with Crippen molar-refractivity contribution in [2.24, 2.45) is 0 Å². The summed E-state index contributed by atoms with van der Waals surface area (Å²) in [5.41, 5.74) is 1.60. The van der Waals surface area contributed by atoms with Gasteiger partial charge in [-0.25, -0.2) is 9.97 Å². The van der Waals surface area contributed by atoms with Crippen molar-refractivity contribution < 1.29 is 4.74 Å².